The van der Waals surface area contributed by atoms with E-state index in [2.05, 4.69) is 24.8 Å². The number of nitrogens with zero attached hydrogens (tertiary/aromatic N) is 8. The van der Waals surface area contributed by atoms with Crippen molar-refractivity contribution in [3.8, 4) is 11.9 Å². The van der Waals surface area contributed by atoms with Crippen LogP contribution in [0.1, 0.15) is 77.0 Å². The molecule has 0 bridgehead atoms. The molecule has 0 radical (unpaired) electrons. The summed E-state index contributed by atoms with van der Waals surface area (Å²) in [7, 11) is 3.69. The van der Waals surface area contributed by atoms with Crippen LogP contribution in [0.3, 0.4) is 0 Å². The Bertz CT molecular complexity index is 2200. The van der Waals surface area contributed by atoms with Gasteiger partial charge in [0.1, 0.15) is 18.2 Å². The highest BCUT2D eigenvalue weighted by Crippen LogP contribution is 2.30. The van der Waals surface area contributed by atoms with Crippen molar-refractivity contribution in [3.63, 3.8) is 0 Å². The van der Waals surface area contributed by atoms with Crippen LogP contribution < -0.4 is 15.8 Å². The molecule has 1 aliphatic rings. The summed E-state index contributed by atoms with van der Waals surface area (Å²) in [6.07, 6.45) is 1.81. The van der Waals surface area contributed by atoms with Crippen LogP contribution in [0.15, 0.2) is 60.7 Å². The maximum Gasteiger partial charge on any atom is 0.347 e. The molecule has 6 rings (SSSR count). The van der Waals surface area contributed by atoms with Gasteiger partial charge in [-0.05, 0) is 96.1 Å². The zero-order chi connectivity index (χ0) is 40.0. The summed E-state index contributed by atoms with van der Waals surface area (Å²) in [5.41, 5.74) is 11.0. The van der Waals surface area contributed by atoms with Gasteiger partial charge in [-0.25, -0.2) is 33.6 Å². The lowest BCUT2D eigenvalue weighted by Gasteiger charge is -2.31. The summed E-state index contributed by atoms with van der Waals surface area (Å²) in [4.78, 5) is 35.2. The zero-order valence-electron chi connectivity index (χ0n) is 33.2. The van der Waals surface area contributed by atoms with Crippen molar-refractivity contribution in [1.29, 1.82) is 5.26 Å². The number of nitriles is 1. The summed E-state index contributed by atoms with van der Waals surface area (Å²) in [6, 6.07) is 19.7. The van der Waals surface area contributed by atoms with Gasteiger partial charge in [-0.1, -0.05) is 12.1 Å². The molecule has 2 aromatic carbocycles. The van der Waals surface area contributed by atoms with E-state index in [4.69, 9.17) is 30.4 Å². The van der Waals surface area contributed by atoms with Crippen molar-refractivity contribution in [2.24, 2.45) is 5.73 Å². The number of hydrogen-bond donors (Lipinski definition) is 2. The van der Waals surface area contributed by atoms with Gasteiger partial charge in [-0.2, -0.15) is 5.26 Å². The summed E-state index contributed by atoms with van der Waals surface area (Å²) in [5, 5.41) is 12.4. The third-order valence-corrected chi connectivity index (χ3v) is 10.2. The number of ether oxygens (including phenoxy) is 2. The lowest BCUT2D eigenvalue weighted by atomic mass is 9.93. The smallest absolute Gasteiger partial charge is 0.347 e. The van der Waals surface area contributed by atoms with Crippen LogP contribution in [0.25, 0.3) is 11.0 Å². The highest BCUT2D eigenvalue weighted by Gasteiger charge is 2.32. The number of amides is 1. The Morgan fingerprint density at radius 2 is 1.79 bits per heavy atom. The van der Waals surface area contributed by atoms with Gasteiger partial charge in [0.2, 0.25) is 11.8 Å². The summed E-state index contributed by atoms with van der Waals surface area (Å²) in [5.74, 6) is 1.64. The van der Waals surface area contributed by atoms with E-state index in [-0.39, 0.29) is 35.2 Å². The fourth-order valence-corrected chi connectivity index (χ4v) is 6.77. The normalized spacial score (nSPS) is 14.2. The van der Waals surface area contributed by atoms with Crippen LogP contribution in [0.4, 0.5) is 10.3 Å². The molecule has 3 N–H and O–H groups in total. The molecular formula is C42H52FN10O3+. The largest absolute Gasteiger partial charge is 0.473 e. The first-order chi connectivity index (χ1) is 26.7. The number of pyridine rings is 1. The van der Waals surface area contributed by atoms with E-state index in [0.717, 1.165) is 59.9 Å². The maximum absolute atomic E-state index is 14.4. The standard InChI is InChI=1S/C42H52FN10O3/c1-28-20-29(2)48-41(47-28)46-16-19-52-37-22-32(40(54)53(5,6)27-56-42(3,4)26-45)12-13-36(37)49-38(52)24-51-17-14-31(15-18-51)35-8-7-9-39(50-35)55-25-33-11-10-30(23-44)21-34(33)43/h7-13,20-22,31H,14-19,24-27,45H2,1-6H3,(H,46,47,48)/q+1. The molecule has 294 valence electrons. The minimum Gasteiger partial charge on any atom is -0.473 e. The Morgan fingerprint density at radius 3 is 2.48 bits per heavy atom. The molecule has 3 aromatic heterocycles. The predicted octanol–water partition coefficient (Wildman–Crippen LogP) is 5.85. The quantitative estimate of drug-likeness (QED) is 0.0975. The van der Waals surface area contributed by atoms with Crippen molar-refractivity contribution < 1.29 is 23.1 Å². The zero-order valence-corrected chi connectivity index (χ0v) is 33.2. The van der Waals surface area contributed by atoms with E-state index in [1.54, 1.807) is 18.2 Å². The first-order valence-electron chi connectivity index (χ1n) is 19.0. The van der Waals surface area contributed by atoms with Gasteiger partial charge < -0.3 is 25.1 Å². The average molecular weight is 764 g/mol. The second-order valence-corrected chi connectivity index (χ2v) is 15.7. The minimum absolute atomic E-state index is 0.00997. The number of aryl methyl sites for hydroxylation is 2. The number of benzene rings is 2. The van der Waals surface area contributed by atoms with Gasteiger partial charge in [0.15, 0.2) is 6.73 Å². The van der Waals surface area contributed by atoms with Crippen LogP contribution in [0, 0.1) is 31.0 Å². The molecule has 14 heteroatoms. The fraction of sp³-hybridized carbons (Fsp3) is 0.429. The number of aromatic nitrogens is 5. The van der Waals surface area contributed by atoms with Crippen molar-refractivity contribution in [2.45, 2.75) is 71.8 Å². The number of fused-ring (bicyclic) bond motifs is 1. The van der Waals surface area contributed by atoms with Gasteiger partial charge in [-0.15, -0.1) is 0 Å². The number of rotatable bonds is 15. The monoisotopic (exact) mass is 763 g/mol. The molecule has 0 saturated carbocycles. The molecular weight excluding hydrogens is 712 g/mol. The summed E-state index contributed by atoms with van der Waals surface area (Å²) >= 11 is 0. The third kappa shape index (κ3) is 9.90. The van der Waals surface area contributed by atoms with Crippen LogP contribution in [-0.2, 0) is 24.4 Å². The Balaban J connectivity index is 1.16. The molecule has 0 atom stereocenters. The molecule has 5 aromatic rings. The van der Waals surface area contributed by atoms with Crippen LogP contribution >= 0.6 is 0 Å². The molecule has 4 heterocycles. The molecule has 0 spiro atoms. The van der Waals surface area contributed by atoms with Gasteiger partial charge in [-0.3, -0.25) is 4.90 Å². The number of carbonyl (C=O) groups excluding carboxylic acids is 1. The SMILES string of the molecule is Cc1cc(C)nc(NCCn2c(CN3CCC(c4cccc(OCc5ccc(C#N)cc5F)n4)CC3)nc3ccc(C(=O)[N+](C)(C)COC(C)(C)CN)cc32)n1. The number of carbonyl (C=O) groups is 1. The van der Waals surface area contributed by atoms with Gasteiger partial charge >= 0.3 is 5.91 Å². The van der Waals surface area contributed by atoms with E-state index >= 15 is 0 Å². The fourth-order valence-electron chi connectivity index (χ4n) is 6.77. The first-order valence-corrected chi connectivity index (χ1v) is 19.0. The molecule has 56 heavy (non-hydrogen) atoms. The molecule has 1 aliphatic heterocycles. The van der Waals surface area contributed by atoms with Gasteiger partial charge in [0.25, 0.3) is 0 Å². The van der Waals surface area contributed by atoms with Crippen molar-refractivity contribution in [2.75, 3.05) is 52.3 Å². The Morgan fingerprint density at radius 1 is 1.04 bits per heavy atom. The summed E-state index contributed by atoms with van der Waals surface area (Å²) in [6.45, 7) is 11.8. The van der Waals surface area contributed by atoms with Gasteiger partial charge in [0.05, 0.1) is 54.5 Å². The number of nitrogens with two attached hydrogens (primary N) is 1. The number of nitrogens with one attached hydrogen (secondary N) is 1. The second-order valence-electron chi connectivity index (χ2n) is 15.7. The van der Waals surface area contributed by atoms with Crippen LogP contribution in [0.2, 0.25) is 0 Å². The number of likely N-dealkylation sites (tertiary alicyclic amines) is 1. The average Bonchev–Trinajstić information content (AvgIpc) is 3.52. The Hall–Kier alpha value is -5.33. The number of hydrogen-bond acceptors (Lipinski definition) is 11. The Kier molecular flexibility index (Phi) is 12.4. The van der Waals surface area contributed by atoms with E-state index in [1.807, 2.05) is 84.3 Å². The lowest BCUT2D eigenvalue weighted by molar-refractivity contribution is -0.832. The highest BCUT2D eigenvalue weighted by molar-refractivity contribution is 5.93. The second kappa shape index (κ2) is 17.2. The molecule has 0 aliphatic carbocycles. The molecule has 13 nitrogen and oxygen atoms in total. The topological polar surface area (TPSA) is 157 Å². The van der Waals surface area contributed by atoms with Crippen LogP contribution in [-0.4, -0.2) is 92.4 Å². The third-order valence-electron chi connectivity index (χ3n) is 10.2. The Labute approximate surface area is 327 Å². The highest BCUT2D eigenvalue weighted by atomic mass is 19.1. The lowest BCUT2D eigenvalue weighted by Crippen LogP contribution is -2.50. The molecule has 1 saturated heterocycles. The molecule has 0 unspecified atom stereocenters. The molecule has 1 amide bonds. The molecule has 1 fully saturated rings. The minimum atomic E-state index is -0.543. The number of piperidine rings is 1. The number of imidazole rings is 1. The van der Waals surface area contributed by atoms with E-state index < -0.39 is 11.4 Å². The predicted molar refractivity (Wildman–Crippen MR) is 212 cm³/mol. The maximum atomic E-state index is 14.4. The van der Waals surface area contributed by atoms with E-state index in [0.29, 0.717) is 49.1 Å². The number of quaternary nitrogens is 1. The van der Waals surface area contributed by atoms with Crippen molar-refractivity contribution in [1.82, 2.24) is 29.4 Å². The van der Waals surface area contributed by atoms with E-state index in [9.17, 15) is 9.18 Å². The van der Waals surface area contributed by atoms with E-state index in [1.165, 1.54) is 6.07 Å². The van der Waals surface area contributed by atoms with Crippen molar-refractivity contribution in [3.05, 3.63) is 106 Å². The van der Waals surface area contributed by atoms with Crippen LogP contribution in [0.5, 0.6) is 5.88 Å². The van der Waals surface area contributed by atoms with Gasteiger partial charge in [0, 0.05) is 54.3 Å². The number of halogens is 1. The number of anilines is 1. The first kappa shape index (κ1) is 40.3. The van der Waals surface area contributed by atoms with Crippen molar-refractivity contribution >= 4 is 22.9 Å². The summed E-state index contributed by atoms with van der Waals surface area (Å²) < 4.78 is 28.5.